The van der Waals surface area contributed by atoms with Crippen LogP contribution < -0.4 is 4.74 Å². The van der Waals surface area contributed by atoms with Crippen LogP contribution in [0.5, 0.6) is 5.88 Å². The first-order valence-corrected chi connectivity index (χ1v) is 8.33. The van der Waals surface area contributed by atoms with Crippen molar-refractivity contribution in [2.24, 2.45) is 7.05 Å². The molecule has 0 saturated carbocycles. The number of para-hydroxylation sites is 2. The molecular formula is C18H22N4O2. The third kappa shape index (κ3) is 2.47. The van der Waals surface area contributed by atoms with E-state index in [0.29, 0.717) is 12.6 Å². The molecule has 0 N–H and O–H groups in total. The molecule has 1 aromatic carbocycles. The van der Waals surface area contributed by atoms with Gasteiger partial charge in [-0.3, -0.25) is 4.90 Å². The Morgan fingerprint density at radius 3 is 2.96 bits per heavy atom. The van der Waals surface area contributed by atoms with Crippen molar-refractivity contribution < 1.29 is 9.15 Å². The Kier molecular flexibility index (Phi) is 3.76. The normalized spacial score (nSPS) is 18.5. The zero-order valence-electron chi connectivity index (χ0n) is 14.3. The molecule has 1 saturated heterocycles. The van der Waals surface area contributed by atoms with E-state index in [1.54, 1.807) is 7.11 Å². The van der Waals surface area contributed by atoms with Gasteiger partial charge in [0, 0.05) is 13.1 Å². The van der Waals surface area contributed by atoms with Crippen LogP contribution in [0.25, 0.3) is 11.1 Å². The van der Waals surface area contributed by atoms with E-state index in [1.165, 1.54) is 5.56 Å². The predicted molar refractivity (Wildman–Crippen MR) is 90.9 cm³/mol. The summed E-state index contributed by atoms with van der Waals surface area (Å²) >= 11 is 0. The van der Waals surface area contributed by atoms with Crippen LogP contribution in [0.2, 0.25) is 0 Å². The highest BCUT2D eigenvalue weighted by atomic mass is 16.5. The average molecular weight is 326 g/mol. The topological polar surface area (TPSA) is 56.3 Å². The molecular weight excluding hydrogens is 304 g/mol. The van der Waals surface area contributed by atoms with E-state index in [0.717, 1.165) is 48.0 Å². The monoisotopic (exact) mass is 326 g/mol. The van der Waals surface area contributed by atoms with E-state index in [9.17, 15) is 0 Å². The highest BCUT2D eigenvalue weighted by molar-refractivity contribution is 5.72. The number of ether oxygens (including phenoxy) is 1. The van der Waals surface area contributed by atoms with Crippen LogP contribution in [-0.4, -0.2) is 33.3 Å². The quantitative estimate of drug-likeness (QED) is 0.737. The second-order valence-electron chi connectivity index (χ2n) is 6.34. The molecule has 126 valence electrons. The van der Waals surface area contributed by atoms with E-state index in [4.69, 9.17) is 9.15 Å². The number of benzene rings is 1. The lowest BCUT2D eigenvalue weighted by Crippen LogP contribution is -2.23. The van der Waals surface area contributed by atoms with Gasteiger partial charge in [-0.1, -0.05) is 12.1 Å². The zero-order chi connectivity index (χ0) is 16.7. The number of oxazole rings is 1. The number of nitrogens with zero attached hydrogens (tertiary/aromatic N) is 4. The molecule has 1 aliphatic rings. The number of hydrogen-bond donors (Lipinski definition) is 0. The molecule has 3 heterocycles. The maximum absolute atomic E-state index is 5.90. The third-order valence-electron chi connectivity index (χ3n) is 4.78. The Bertz CT molecular complexity index is 834. The molecule has 0 aliphatic carbocycles. The minimum absolute atomic E-state index is 0.295. The molecule has 4 rings (SSSR count). The van der Waals surface area contributed by atoms with Crippen LogP contribution in [0.15, 0.2) is 28.7 Å². The molecule has 6 heteroatoms. The first-order chi connectivity index (χ1) is 11.7. The zero-order valence-corrected chi connectivity index (χ0v) is 14.3. The number of methoxy groups -OCH3 is 1. The van der Waals surface area contributed by atoms with Crippen LogP contribution in [0, 0.1) is 6.92 Å². The Morgan fingerprint density at radius 1 is 1.33 bits per heavy atom. The lowest BCUT2D eigenvalue weighted by Gasteiger charge is -2.23. The minimum atomic E-state index is 0.295. The molecule has 1 unspecified atom stereocenters. The molecule has 0 amide bonds. The van der Waals surface area contributed by atoms with E-state index in [-0.39, 0.29) is 0 Å². The first-order valence-electron chi connectivity index (χ1n) is 8.33. The third-order valence-corrected chi connectivity index (χ3v) is 4.78. The number of hydrogen-bond acceptors (Lipinski definition) is 5. The van der Waals surface area contributed by atoms with Gasteiger partial charge in [0.05, 0.1) is 24.9 Å². The van der Waals surface area contributed by atoms with Crippen molar-refractivity contribution in [3.05, 3.63) is 41.4 Å². The largest absolute Gasteiger partial charge is 0.481 e. The summed E-state index contributed by atoms with van der Waals surface area (Å²) in [6, 6.07) is 8.19. The Labute approximate surface area is 141 Å². The van der Waals surface area contributed by atoms with Gasteiger partial charge in [0.25, 0.3) is 0 Å². The fourth-order valence-electron chi connectivity index (χ4n) is 3.78. The summed E-state index contributed by atoms with van der Waals surface area (Å²) in [5, 5.41) is 4.53. The van der Waals surface area contributed by atoms with Crippen LogP contribution in [0.3, 0.4) is 0 Å². The van der Waals surface area contributed by atoms with Crippen LogP contribution in [-0.2, 0) is 13.6 Å². The number of aryl methyl sites for hydroxylation is 2. The molecule has 0 radical (unpaired) electrons. The van der Waals surface area contributed by atoms with Gasteiger partial charge in [-0.15, -0.1) is 0 Å². The molecule has 1 fully saturated rings. The van der Waals surface area contributed by atoms with Gasteiger partial charge in [-0.05, 0) is 38.4 Å². The summed E-state index contributed by atoms with van der Waals surface area (Å²) in [5.74, 6) is 1.62. The fourth-order valence-corrected chi connectivity index (χ4v) is 3.78. The fraction of sp³-hybridized carbons (Fsp3) is 0.444. The van der Waals surface area contributed by atoms with Gasteiger partial charge in [0.15, 0.2) is 5.58 Å². The van der Waals surface area contributed by atoms with Crippen molar-refractivity contribution in [3.8, 4) is 5.88 Å². The van der Waals surface area contributed by atoms with Crippen LogP contribution >= 0.6 is 0 Å². The van der Waals surface area contributed by atoms with E-state index < -0.39 is 0 Å². The summed E-state index contributed by atoms with van der Waals surface area (Å²) in [6.07, 6.45) is 2.26. The molecule has 2 aromatic heterocycles. The van der Waals surface area contributed by atoms with Crippen molar-refractivity contribution in [1.29, 1.82) is 0 Å². The van der Waals surface area contributed by atoms with Gasteiger partial charge < -0.3 is 9.15 Å². The molecule has 3 aromatic rings. The number of aromatic nitrogens is 3. The Balaban J connectivity index is 1.63. The van der Waals surface area contributed by atoms with Gasteiger partial charge in [0.1, 0.15) is 5.52 Å². The minimum Gasteiger partial charge on any atom is -0.481 e. The van der Waals surface area contributed by atoms with E-state index in [2.05, 4.69) is 15.0 Å². The highest BCUT2D eigenvalue weighted by Crippen LogP contribution is 2.39. The summed E-state index contributed by atoms with van der Waals surface area (Å²) in [5.41, 5.74) is 3.98. The van der Waals surface area contributed by atoms with E-state index in [1.807, 2.05) is 42.9 Å². The summed E-state index contributed by atoms with van der Waals surface area (Å²) < 4.78 is 13.3. The smallest absolute Gasteiger partial charge is 0.216 e. The summed E-state index contributed by atoms with van der Waals surface area (Å²) in [4.78, 5) is 7.03. The molecule has 0 bridgehead atoms. The molecule has 6 nitrogen and oxygen atoms in total. The lowest BCUT2D eigenvalue weighted by atomic mass is 10.1. The number of likely N-dealkylation sites (tertiary alicyclic amines) is 1. The highest BCUT2D eigenvalue weighted by Gasteiger charge is 2.33. The van der Waals surface area contributed by atoms with Crippen molar-refractivity contribution in [3.63, 3.8) is 0 Å². The Morgan fingerprint density at radius 2 is 2.17 bits per heavy atom. The van der Waals surface area contributed by atoms with Gasteiger partial charge >= 0.3 is 0 Å². The molecule has 24 heavy (non-hydrogen) atoms. The molecule has 1 atom stereocenters. The van der Waals surface area contributed by atoms with Crippen molar-refractivity contribution >= 4 is 11.1 Å². The Hall–Kier alpha value is -2.34. The standard InChI is InChI=1S/C18H22N4O2/c1-12-17(18(23-3)21(2)20-12)14-8-6-10-22(14)11-16-19-13-7-4-5-9-15(13)24-16/h4-5,7,9,14H,6,8,10-11H2,1-3H3. The molecule has 1 aliphatic heterocycles. The second kappa shape index (κ2) is 5.94. The number of rotatable bonds is 4. The van der Waals surface area contributed by atoms with Gasteiger partial charge in [-0.2, -0.15) is 5.10 Å². The first kappa shape index (κ1) is 15.2. The summed E-state index contributed by atoms with van der Waals surface area (Å²) in [6.45, 7) is 3.78. The average Bonchev–Trinajstić information content (AvgIpc) is 3.24. The van der Waals surface area contributed by atoms with Crippen molar-refractivity contribution in [1.82, 2.24) is 19.7 Å². The van der Waals surface area contributed by atoms with Crippen molar-refractivity contribution in [2.75, 3.05) is 13.7 Å². The van der Waals surface area contributed by atoms with Gasteiger partial charge in [-0.25, -0.2) is 9.67 Å². The maximum atomic E-state index is 5.90. The second-order valence-corrected chi connectivity index (χ2v) is 6.34. The molecule has 0 spiro atoms. The van der Waals surface area contributed by atoms with Crippen LogP contribution in [0.4, 0.5) is 0 Å². The summed E-state index contributed by atoms with van der Waals surface area (Å²) in [7, 11) is 3.63. The van der Waals surface area contributed by atoms with Crippen LogP contribution in [0.1, 0.15) is 36.0 Å². The van der Waals surface area contributed by atoms with Crippen molar-refractivity contribution in [2.45, 2.75) is 32.4 Å². The van der Waals surface area contributed by atoms with E-state index >= 15 is 0 Å². The van der Waals surface area contributed by atoms with Gasteiger partial charge in [0.2, 0.25) is 11.8 Å². The SMILES string of the molecule is COc1c(C2CCCN2Cc2nc3ccccc3o2)c(C)nn1C. The lowest BCUT2D eigenvalue weighted by molar-refractivity contribution is 0.220. The predicted octanol–water partition coefficient (Wildman–Crippen LogP) is 3.22. The maximum Gasteiger partial charge on any atom is 0.216 e. The number of fused-ring (bicyclic) bond motifs is 1.